The zero-order chi connectivity index (χ0) is 20.7. The molecule has 2 aromatic carbocycles. The highest BCUT2D eigenvalue weighted by Crippen LogP contribution is 2.12. The minimum atomic E-state index is -1.04. The van der Waals surface area contributed by atoms with Gasteiger partial charge in [0, 0.05) is 23.3 Å². The van der Waals surface area contributed by atoms with Gasteiger partial charge in [0.05, 0.1) is 0 Å². The van der Waals surface area contributed by atoms with Crippen molar-refractivity contribution in [2.24, 2.45) is 5.73 Å². The number of nitrogens with two attached hydrogens (primary N) is 1. The molecule has 0 aliphatic rings. The maximum absolute atomic E-state index is 13.9. The number of amides is 3. The summed E-state index contributed by atoms with van der Waals surface area (Å²) in [7, 11) is 0. The van der Waals surface area contributed by atoms with Gasteiger partial charge in [0.15, 0.2) is 0 Å². The molecule has 0 aromatic heterocycles. The highest BCUT2D eigenvalue weighted by Gasteiger charge is 2.26. The molecule has 0 heterocycles. The Kier molecular flexibility index (Phi) is 7.91. The summed E-state index contributed by atoms with van der Waals surface area (Å²) in [6.45, 7) is 1.26. The first-order chi connectivity index (χ1) is 13.3. The third-order valence-corrected chi connectivity index (χ3v) is 4.74. The molecule has 0 radical (unpaired) electrons. The fourth-order valence-corrected chi connectivity index (χ4v) is 3.34. The lowest BCUT2D eigenvalue weighted by Crippen LogP contribution is -2.54. The van der Waals surface area contributed by atoms with Crippen molar-refractivity contribution in [2.45, 2.75) is 31.8 Å². The number of hydrogen-bond donors (Lipinski definition) is 3. The fraction of sp³-hybridized carbons (Fsp3) is 0.250. The van der Waals surface area contributed by atoms with E-state index in [1.54, 1.807) is 6.07 Å². The number of halogens is 2. The van der Waals surface area contributed by atoms with Crippen LogP contribution < -0.4 is 16.4 Å². The second-order valence-electron chi connectivity index (χ2n) is 6.35. The average Bonchev–Trinajstić information content (AvgIpc) is 2.62. The zero-order valence-corrected chi connectivity index (χ0v) is 17.4. The van der Waals surface area contributed by atoms with Crippen molar-refractivity contribution < 1.29 is 18.8 Å². The van der Waals surface area contributed by atoms with Crippen LogP contribution in [0.15, 0.2) is 48.5 Å². The molecule has 2 rings (SSSR count). The average molecular weight is 497 g/mol. The molecule has 4 N–H and O–H groups in total. The van der Waals surface area contributed by atoms with Gasteiger partial charge in [-0.1, -0.05) is 30.3 Å². The zero-order valence-electron chi connectivity index (χ0n) is 15.2. The summed E-state index contributed by atoms with van der Waals surface area (Å²) in [5.41, 5.74) is 6.56. The number of rotatable bonds is 8. The molecule has 6 nitrogen and oxygen atoms in total. The molecule has 0 bridgehead atoms. The highest BCUT2D eigenvalue weighted by molar-refractivity contribution is 14.1. The van der Waals surface area contributed by atoms with Crippen molar-refractivity contribution in [3.63, 3.8) is 0 Å². The van der Waals surface area contributed by atoms with Crippen molar-refractivity contribution >= 4 is 40.3 Å². The molecule has 8 heteroatoms. The van der Waals surface area contributed by atoms with Crippen molar-refractivity contribution in [3.05, 3.63) is 69.0 Å². The minimum absolute atomic E-state index is 0.0488. The van der Waals surface area contributed by atoms with E-state index in [0.717, 1.165) is 9.13 Å². The molecule has 0 saturated carbocycles. The maximum Gasteiger partial charge on any atom is 0.243 e. The van der Waals surface area contributed by atoms with E-state index >= 15 is 0 Å². The lowest BCUT2D eigenvalue weighted by atomic mass is 10.0. The van der Waals surface area contributed by atoms with E-state index in [1.807, 2.05) is 24.3 Å². The Morgan fingerprint density at radius 3 is 2.36 bits per heavy atom. The number of carbonyl (C=O) groups excluding carboxylic acids is 3. The van der Waals surface area contributed by atoms with Crippen LogP contribution in [0.4, 0.5) is 4.39 Å². The number of nitrogens with one attached hydrogen (secondary N) is 2. The Hall–Kier alpha value is -2.49. The first kappa shape index (κ1) is 21.8. The number of benzene rings is 2. The first-order valence-electron chi connectivity index (χ1n) is 8.61. The van der Waals surface area contributed by atoms with Gasteiger partial charge in [-0.2, -0.15) is 0 Å². The molecule has 0 saturated heterocycles. The van der Waals surface area contributed by atoms with E-state index in [0.29, 0.717) is 0 Å². The Bertz CT molecular complexity index is 875. The van der Waals surface area contributed by atoms with Crippen LogP contribution >= 0.6 is 22.6 Å². The van der Waals surface area contributed by atoms with Gasteiger partial charge < -0.3 is 16.4 Å². The second kappa shape index (κ2) is 10.2. The predicted octanol–water partition coefficient (Wildman–Crippen LogP) is 1.69. The molecule has 148 valence electrons. The molecular formula is C20H21FIN3O3. The van der Waals surface area contributed by atoms with Gasteiger partial charge in [-0.3, -0.25) is 14.4 Å². The summed E-state index contributed by atoms with van der Waals surface area (Å²) in [5, 5.41) is 5.08. The Balaban J connectivity index is 2.15. The third kappa shape index (κ3) is 6.59. The van der Waals surface area contributed by atoms with Crippen LogP contribution in [-0.4, -0.2) is 29.8 Å². The summed E-state index contributed by atoms with van der Waals surface area (Å²) in [6.07, 6.45) is 0.164. The number of primary amides is 1. The molecule has 3 amide bonds. The maximum atomic E-state index is 13.9. The smallest absolute Gasteiger partial charge is 0.243 e. The molecule has 0 unspecified atom stereocenters. The van der Waals surface area contributed by atoms with E-state index in [9.17, 15) is 18.8 Å². The molecule has 0 aliphatic heterocycles. The predicted molar refractivity (Wildman–Crippen MR) is 112 cm³/mol. The fourth-order valence-electron chi connectivity index (χ4n) is 2.73. The van der Waals surface area contributed by atoms with Gasteiger partial charge in [-0.25, -0.2) is 4.39 Å². The van der Waals surface area contributed by atoms with E-state index < -0.39 is 35.6 Å². The van der Waals surface area contributed by atoms with Crippen LogP contribution in [0.3, 0.4) is 0 Å². The van der Waals surface area contributed by atoms with Crippen LogP contribution in [0.1, 0.15) is 18.1 Å². The van der Waals surface area contributed by atoms with Crippen molar-refractivity contribution in [3.8, 4) is 0 Å². The second-order valence-corrected chi connectivity index (χ2v) is 7.59. The standard InChI is InChI=1S/C20H21FIN3O3/c1-12(26)24-18(11-14-6-2-3-8-16(14)21)20(28)25-17(19(23)27)10-13-5-4-7-15(22)9-13/h2-9,17-18H,10-11H2,1H3,(H2,23,27)(H,24,26)(H,25,28)/t17-,18-/m0/s1. The van der Waals surface area contributed by atoms with Crippen molar-refractivity contribution in [1.82, 2.24) is 10.6 Å². The van der Waals surface area contributed by atoms with Gasteiger partial charge in [0.25, 0.3) is 0 Å². The quantitative estimate of drug-likeness (QED) is 0.484. The Morgan fingerprint density at radius 1 is 1.04 bits per heavy atom. The highest BCUT2D eigenvalue weighted by atomic mass is 127. The van der Waals surface area contributed by atoms with Gasteiger partial charge in [0.2, 0.25) is 17.7 Å². The Labute approximate surface area is 176 Å². The molecule has 2 aromatic rings. The topological polar surface area (TPSA) is 101 Å². The lowest BCUT2D eigenvalue weighted by Gasteiger charge is -2.22. The van der Waals surface area contributed by atoms with Crippen molar-refractivity contribution in [1.29, 1.82) is 0 Å². The normalized spacial score (nSPS) is 12.7. The third-order valence-electron chi connectivity index (χ3n) is 4.06. The summed E-state index contributed by atoms with van der Waals surface area (Å²) in [5.74, 6) is -2.21. The largest absolute Gasteiger partial charge is 0.368 e. The van der Waals surface area contributed by atoms with Crippen LogP contribution in [0, 0.1) is 9.39 Å². The molecular weight excluding hydrogens is 476 g/mol. The summed E-state index contributed by atoms with van der Waals surface area (Å²) >= 11 is 2.15. The number of carbonyl (C=O) groups is 3. The van der Waals surface area contributed by atoms with Crippen LogP contribution in [0.5, 0.6) is 0 Å². The lowest BCUT2D eigenvalue weighted by molar-refractivity contribution is -0.130. The van der Waals surface area contributed by atoms with Gasteiger partial charge in [-0.05, 0) is 51.9 Å². The van der Waals surface area contributed by atoms with Gasteiger partial charge in [0.1, 0.15) is 17.9 Å². The van der Waals surface area contributed by atoms with Crippen LogP contribution in [0.2, 0.25) is 0 Å². The van der Waals surface area contributed by atoms with Gasteiger partial charge in [-0.15, -0.1) is 0 Å². The number of hydrogen-bond acceptors (Lipinski definition) is 3. The molecule has 2 atom stereocenters. The SMILES string of the molecule is CC(=O)N[C@@H](Cc1ccccc1F)C(=O)N[C@@H](Cc1cccc(I)c1)C(N)=O. The summed E-state index contributed by atoms with van der Waals surface area (Å²) < 4.78 is 14.9. The van der Waals surface area contributed by atoms with Gasteiger partial charge >= 0.3 is 0 Å². The van der Waals surface area contributed by atoms with Crippen molar-refractivity contribution in [2.75, 3.05) is 0 Å². The van der Waals surface area contributed by atoms with E-state index in [1.165, 1.54) is 25.1 Å². The Morgan fingerprint density at radius 2 is 1.75 bits per heavy atom. The molecule has 28 heavy (non-hydrogen) atoms. The van der Waals surface area contributed by atoms with E-state index in [4.69, 9.17) is 5.73 Å². The van der Waals surface area contributed by atoms with E-state index in [2.05, 4.69) is 33.2 Å². The molecule has 0 aliphatic carbocycles. The molecule has 0 spiro atoms. The monoisotopic (exact) mass is 497 g/mol. The molecule has 0 fully saturated rings. The van der Waals surface area contributed by atoms with Crippen LogP contribution in [0.25, 0.3) is 0 Å². The van der Waals surface area contributed by atoms with E-state index in [-0.39, 0.29) is 18.4 Å². The minimum Gasteiger partial charge on any atom is -0.368 e. The first-order valence-corrected chi connectivity index (χ1v) is 9.68. The van der Waals surface area contributed by atoms with Crippen LogP contribution in [-0.2, 0) is 27.2 Å². The summed E-state index contributed by atoms with van der Waals surface area (Å²) in [4.78, 5) is 36.1. The summed E-state index contributed by atoms with van der Waals surface area (Å²) in [6, 6.07) is 11.5.